The van der Waals surface area contributed by atoms with Gasteiger partial charge in [0.15, 0.2) is 0 Å². The van der Waals surface area contributed by atoms with Gasteiger partial charge >= 0.3 is 0 Å². The van der Waals surface area contributed by atoms with Crippen molar-refractivity contribution < 1.29 is 17.9 Å². The van der Waals surface area contributed by atoms with Crippen molar-refractivity contribution in [2.24, 2.45) is 0 Å². The molecule has 6 nitrogen and oxygen atoms in total. The Morgan fingerprint density at radius 1 is 1.15 bits per heavy atom. The van der Waals surface area contributed by atoms with Crippen LogP contribution in [0.25, 0.3) is 0 Å². The van der Waals surface area contributed by atoms with Gasteiger partial charge in [0.25, 0.3) is 0 Å². The number of amides is 1. The summed E-state index contributed by atoms with van der Waals surface area (Å²) in [5, 5.41) is 0. The summed E-state index contributed by atoms with van der Waals surface area (Å²) in [4.78, 5) is 14.5. The third kappa shape index (κ3) is 5.01. The lowest BCUT2D eigenvalue weighted by atomic mass is 10.1. The number of anilines is 1. The number of hydrogen-bond acceptors (Lipinski definition) is 4. The quantitative estimate of drug-likeness (QED) is 0.729. The van der Waals surface area contributed by atoms with Crippen molar-refractivity contribution in [2.75, 3.05) is 24.7 Å². The largest absolute Gasteiger partial charge is 0.495 e. The zero-order valence-corrected chi connectivity index (χ0v) is 17.2. The molecular formula is C20H26N2O4S. The molecule has 0 N–H and O–H groups in total. The number of rotatable bonds is 7. The highest BCUT2D eigenvalue weighted by Gasteiger charge is 2.32. The van der Waals surface area contributed by atoms with Crippen LogP contribution in [-0.2, 0) is 21.4 Å². The maximum Gasteiger partial charge on any atom is 0.246 e. The van der Waals surface area contributed by atoms with Crippen LogP contribution in [0, 0.1) is 6.92 Å². The molecule has 27 heavy (non-hydrogen) atoms. The van der Waals surface area contributed by atoms with Gasteiger partial charge in [-0.05, 0) is 37.1 Å². The predicted molar refractivity (Wildman–Crippen MR) is 107 cm³/mol. The summed E-state index contributed by atoms with van der Waals surface area (Å²) in [5.41, 5.74) is 2.20. The van der Waals surface area contributed by atoms with Crippen molar-refractivity contribution in [3.8, 4) is 5.75 Å². The molecule has 2 rings (SSSR count). The van der Waals surface area contributed by atoms with Gasteiger partial charge in [-0.3, -0.25) is 9.10 Å². The summed E-state index contributed by atoms with van der Waals surface area (Å²) in [5.74, 6) is 0.101. The van der Waals surface area contributed by atoms with E-state index in [1.165, 1.54) is 12.0 Å². The SMILES string of the molecule is COc1ccc(C)cc1N(C(C)C(=O)N(C)Cc1ccccc1)S(C)(=O)=O. The van der Waals surface area contributed by atoms with E-state index in [0.717, 1.165) is 21.7 Å². The van der Waals surface area contributed by atoms with Crippen LogP contribution in [0.3, 0.4) is 0 Å². The van der Waals surface area contributed by atoms with Gasteiger partial charge in [-0.2, -0.15) is 0 Å². The molecule has 0 bridgehead atoms. The Morgan fingerprint density at radius 2 is 1.78 bits per heavy atom. The number of likely N-dealkylation sites (N-methyl/N-ethyl adjacent to an activating group) is 1. The van der Waals surface area contributed by atoms with Crippen molar-refractivity contribution in [3.63, 3.8) is 0 Å². The van der Waals surface area contributed by atoms with Gasteiger partial charge in [0.1, 0.15) is 11.8 Å². The van der Waals surface area contributed by atoms with Crippen molar-refractivity contribution in [2.45, 2.75) is 26.4 Å². The Kier molecular flexibility index (Phi) is 6.49. The Hall–Kier alpha value is -2.54. The van der Waals surface area contributed by atoms with Gasteiger partial charge in [0.2, 0.25) is 15.9 Å². The molecule has 0 saturated heterocycles. The fourth-order valence-electron chi connectivity index (χ4n) is 3.00. The van der Waals surface area contributed by atoms with Crippen LogP contribution in [0.4, 0.5) is 5.69 Å². The summed E-state index contributed by atoms with van der Waals surface area (Å²) >= 11 is 0. The summed E-state index contributed by atoms with van der Waals surface area (Å²) in [7, 11) is -0.571. The number of sulfonamides is 1. The minimum Gasteiger partial charge on any atom is -0.495 e. The van der Waals surface area contributed by atoms with Crippen LogP contribution in [0.15, 0.2) is 48.5 Å². The average molecular weight is 391 g/mol. The lowest BCUT2D eigenvalue weighted by Crippen LogP contribution is -2.48. The van der Waals surface area contributed by atoms with E-state index in [-0.39, 0.29) is 5.91 Å². The Bertz CT molecular complexity index is 897. The first kappa shape index (κ1) is 20.8. The molecule has 0 radical (unpaired) electrons. The van der Waals surface area contributed by atoms with Gasteiger partial charge in [0, 0.05) is 13.6 Å². The fourth-order valence-corrected chi connectivity index (χ4v) is 4.17. The molecule has 2 aromatic carbocycles. The predicted octanol–water partition coefficient (Wildman–Crippen LogP) is 2.82. The van der Waals surface area contributed by atoms with Crippen LogP contribution in [-0.4, -0.2) is 45.7 Å². The molecule has 0 spiro atoms. The Morgan fingerprint density at radius 3 is 2.33 bits per heavy atom. The number of benzene rings is 2. The van der Waals surface area contributed by atoms with Crippen molar-refractivity contribution in [1.29, 1.82) is 0 Å². The highest BCUT2D eigenvalue weighted by Crippen LogP contribution is 2.33. The van der Waals surface area contributed by atoms with E-state index in [2.05, 4.69) is 0 Å². The van der Waals surface area contributed by atoms with E-state index in [0.29, 0.717) is 18.0 Å². The molecule has 1 atom stereocenters. The number of ether oxygens (including phenoxy) is 1. The third-order valence-electron chi connectivity index (χ3n) is 4.28. The van der Waals surface area contributed by atoms with Crippen molar-refractivity contribution >= 4 is 21.6 Å². The number of nitrogens with zero attached hydrogens (tertiary/aromatic N) is 2. The molecule has 146 valence electrons. The second-order valence-corrected chi connectivity index (χ2v) is 8.45. The minimum atomic E-state index is -3.71. The standard InChI is InChI=1S/C20H26N2O4S/c1-15-11-12-19(26-4)18(13-15)22(27(5,24)25)16(2)20(23)21(3)14-17-9-7-6-8-10-17/h6-13,16H,14H2,1-5H3. The van der Waals surface area contributed by atoms with Gasteiger partial charge in [-0.25, -0.2) is 8.42 Å². The topological polar surface area (TPSA) is 66.9 Å². The number of carbonyl (C=O) groups is 1. The lowest BCUT2D eigenvalue weighted by molar-refractivity contribution is -0.131. The molecule has 0 aliphatic carbocycles. The Balaban J connectivity index is 2.37. The molecule has 0 heterocycles. The highest BCUT2D eigenvalue weighted by atomic mass is 32.2. The van der Waals surface area contributed by atoms with Gasteiger partial charge in [-0.15, -0.1) is 0 Å². The lowest BCUT2D eigenvalue weighted by Gasteiger charge is -2.32. The monoisotopic (exact) mass is 390 g/mol. The molecule has 1 unspecified atom stereocenters. The molecule has 7 heteroatoms. The molecule has 0 aliphatic heterocycles. The van der Waals surface area contributed by atoms with E-state index in [9.17, 15) is 13.2 Å². The first-order valence-electron chi connectivity index (χ1n) is 8.58. The van der Waals surface area contributed by atoms with Crippen LogP contribution in [0.1, 0.15) is 18.1 Å². The van der Waals surface area contributed by atoms with E-state index >= 15 is 0 Å². The Labute approximate surface area is 161 Å². The van der Waals surface area contributed by atoms with E-state index in [4.69, 9.17) is 4.74 Å². The molecule has 0 fully saturated rings. The van der Waals surface area contributed by atoms with Crippen LogP contribution < -0.4 is 9.04 Å². The van der Waals surface area contributed by atoms with Gasteiger partial charge in [-0.1, -0.05) is 36.4 Å². The third-order valence-corrected chi connectivity index (χ3v) is 5.50. The molecule has 0 saturated carbocycles. The zero-order valence-electron chi connectivity index (χ0n) is 16.3. The molecule has 2 aromatic rings. The first-order chi connectivity index (χ1) is 12.6. The van der Waals surface area contributed by atoms with Gasteiger partial charge in [0.05, 0.1) is 19.1 Å². The van der Waals surface area contributed by atoms with Crippen LogP contribution in [0.5, 0.6) is 5.75 Å². The molecular weight excluding hydrogens is 364 g/mol. The molecule has 0 aromatic heterocycles. The maximum atomic E-state index is 13.0. The van der Waals surface area contributed by atoms with Gasteiger partial charge < -0.3 is 9.64 Å². The maximum absolute atomic E-state index is 13.0. The number of carbonyl (C=O) groups excluding carboxylic acids is 1. The molecule has 1 amide bonds. The zero-order chi connectivity index (χ0) is 20.2. The summed E-state index contributed by atoms with van der Waals surface area (Å²) < 4.78 is 31.5. The number of hydrogen-bond donors (Lipinski definition) is 0. The summed E-state index contributed by atoms with van der Waals surface area (Å²) in [6, 6.07) is 13.9. The van der Waals surface area contributed by atoms with Crippen molar-refractivity contribution in [3.05, 3.63) is 59.7 Å². The number of methoxy groups -OCH3 is 1. The second kappa shape index (κ2) is 8.43. The second-order valence-electron chi connectivity index (χ2n) is 6.59. The molecule has 0 aliphatic rings. The normalized spacial score (nSPS) is 12.3. The van der Waals surface area contributed by atoms with E-state index in [1.54, 1.807) is 26.1 Å². The fraction of sp³-hybridized carbons (Fsp3) is 0.350. The summed E-state index contributed by atoms with van der Waals surface area (Å²) in [6.45, 7) is 3.84. The average Bonchev–Trinajstić information content (AvgIpc) is 2.61. The van der Waals surface area contributed by atoms with E-state index < -0.39 is 16.1 Å². The van der Waals surface area contributed by atoms with E-state index in [1.807, 2.05) is 43.3 Å². The van der Waals surface area contributed by atoms with Crippen LogP contribution >= 0.6 is 0 Å². The first-order valence-corrected chi connectivity index (χ1v) is 10.4. The number of aryl methyl sites for hydroxylation is 1. The highest BCUT2D eigenvalue weighted by molar-refractivity contribution is 7.92. The van der Waals surface area contributed by atoms with Crippen molar-refractivity contribution in [1.82, 2.24) is 4.90 Å². The van der Waals surface area contributed by atoms with Crippen LogP contribution in [0.2, 0.25) is 0 Å². The smallest absolute Gasteiger partial charge is 0.246 e. The minimum absolute atomic E-state index is 0.298. The summed E-state index contributed by atoms with van der Waals surface area (Å²) in [6.07, 6.45) is 1.09.